The first kappa shape index (κ1) is 22.8. The number of hydrogen-bond acceptors (Lipinski definition) is 6. The van der Waals surface area contributed by atoms with E-state index in [0.29, 0.717) is 23.7 Å². The molecule has 0 radical (unpaired) electrons. The van der Waals surface area contributed by atoms with Crippen molar-refractivity contribution in [2.75, 3.05) is 32.6 Å². The molecule has 0 bridgehead atoms. The summed E-state index contributed by atoms with van der Waals surface area (Å²) in [5.74, 6) is 1.10. The number of aliphatic hydroxyl groups is 1. The molecule has 1 saturated carbocycles. The number of nitrogens with one attached hydrogen (secondary N) is 1. The molecule has 7 heteroatoms. The minimum absolute atomic E-state index is 0.342. The van der Waals surface area contributed by atoms with Crippen LogP contribution in [0.3, 0.4) is 0 Å². The second-order valence-corrected chi connectivity index (χ2v) is 9.32. The van der Waals surface area contributed by atoms with Crippen LogP contribution >= 0.6 is 11.6 Å². The van der Waals surface area contributed by atoms with Crippen molar-refractivity contribution < 1.29 is 9.84 Å². The number of pyridine rings is 2. The fourth-order valence-corrected chi connectivity index (χ4v) is 4.05. The first-order chi connectivity index (χ1) is 14.2. The van der Waals surface area contributed by atoms with Gasteiger partial charge >= 0.3 is 0 Å². The van der Waals surface area contributed by atoms with Gasteiger partial charge in [0.1, 0.15) is 17.5 Å². The Labute approximate surface area is 184 Å². The van der Waals surface area contributed by atoms with E-state index in [1.54, 1.807) is 12.4 Å². The number of likely N-dealkylation sites (N-methyl/N-ethyl adjacent to an activating group) is 1. The third-order valence-electron chi connectivity index (χ3n) is 5.78. The number of ether oxygens (including phenoxy) is 1. The number of halogens is 1. The van der Waals surface area contributed by atoms with Crippen molar-refractivity contribution in [2.24, 2.45) is 5.92 Å². The van der Waals surface area contributed by atoms with E-state index < -0.39 is 5.60 Å². The molecule has 0 atom stereocenters. The molecular formula is C23H33ClN4O2. The van der Waals surface area contributed by atoms with Crippen LogP contribution in [-0.2, 0) is 0 Å². The van der Waals surface area contributed by atoms with Gasteiger partial charge in [-0.05, 0) is 77.7 Å². The van der Waals surface area contributed by atoms with E-state index in [2.05, 4.69) is 20.2 Å². The fourth-order valence-electron chi connectivity index (χ4n) is 3.89. The molecule has 1 aliphatic rings. The Morgan fingerprint density at radius 1 is 1.17 bits per heavy atom. The summed E-state index contributed by atoms with van der Waals surface area (Å²) >= 11 is 6.18. The first-order valence-corrected chi connectivity index (χ1v) is 11.0. The van der Waals surface area contributed by atoms with E-state index in [9.17, 15) is 5.11 Å². The third kappa shape index (κ3) is 6.30. The lowest BCUT2D eigenvalue weighted by atomic mass is 9.77. The fraction of sp³-hybridized carbons (Fsp3) is 0.565. The molecule has 3 rings (SSSR count). The van der Waals surface area contributed by atoms with Gasteiger partial charge in [-0.15, -0.1) is 0 Å². The lowest BCUT2D eigenvalue weighted by Crippen LogP contribution is -2.37. The molecule has 1 aliphatic carbocycles. The summed E-state index contributed by atoms with van der Waals surface area (Å²) in [7, 11) is 4.04. The molecule has 2 aromatic rings. The Bertz CT molecular complexity index is 813. The lowest BCUT2D eigenvalue weighted by Gasteiger charge is -2.36. The van der Waals surface area contributed by atoms with E-state index in [4.69, 9.17) is 16.3 Å². The Morgan fingerprint density at radius 2 is 1.90 bits per heavy atom. The second-order valence-electron chi connectivity index (χ2n) is 8.93. The van der Waals surface area contributed by atoms with Crippen LogP contribution in [0.4, 0.5) is 5.69 Å². The van der Waals surface area contributed by atoms with E-state index in [1.807, 2.05) is 46.1 Å². The maximum Gasteiger partial charge on any atom is 0.137 e. The molecule has 164 valence electrons. The van der Waals surface area contributed by atoms with Crippen LogP contribution in [0.5, 0.6) is 5.75 Å². The van der Waals surface area contributed by atoms with Gasteiger partial charge in [-0.1, -0.05) is 11.6 Å². The van der Waals surface area contributed by atoms with Gasteiger partial charge < -0.3 is 20.1 Å². The number of rotatable bonds is 8. The van der Waals surface area contributed by atoms with E-state index >= 15 is 0 Å². The van der Waals surface area contributed by atoms with Crippen LogP contribution in [0.1, 0.15) is 39.5 Å². The van der Waals surface area contributed by atoms with Crippen molar-refractivity contribution in [3.05, 3.63) is 35.7 Å². The monoisotopic (exact) mass is 432 g/mol. The minimum atomic E-state index is -0.615. The molecular weight excluding hydrogens is 400 g/mol. The van der Waals surface area contributed by atoms with Crippen molar-refractivity contribution in [1.29, 1.82) is 0 Å². The van der Waals surface area contributed by atoms with Gasteiger partial charge in [0, 0.05) is 30.0 Å². The van der Waals surface area contributed by atoms with Gasteiger partial charge in [0.15, 0.2) is 0 Å². The molecule has 0 saturated heterocycles. The molecule has 6 nitrogen and oxygen atoms in total. The number of nitrogens with zero attached hydrogens (tertiary/aromatic N) is 3. The predicted octanol–water partition coefficient (Wildman–Crippen LogP) is 4.48. The minimum Gasteiger partial charge on any atom is -0.491 e. The van der Waals surface area contributed by atoms with Crippen molar-refractivity contribution in [3.8, 4) is 17.0 Å². The maximum absolute atomic E-state index is 10.3. The molecule has 2 N–H and O–H groups in total. The van der Waals surface area contributed by atoms with Crippen LogP contribution < -0.4 is 10.1 Å². The lowest BCUT2D eigenvalue weighted by molar-refractivity contribution is -0.000389. The summed E-state index contributed by atoms with van der Waals surface area (Å²) < 4.78 is 5.74. The Kier molecular flexibility index (Phi) is 7.55. The van der Waals surface area contributed by atoms with Gasteiger partial charge in [0.25, 0.3) is 0 Å². The van der Waals surface area contributed by atoms with Gasteiger partial charge in [0.2, 0.25) is 0 Å². The highest BCUT2D eigenvalue weighted by Gasteiger charge is 2.31. The molecule has 0 aromatic carbocycles. The summed E-state index contributed by atoms with van der Waals surface area (Å²) in [6, 6.07) is 6.09. The zero-order valence-corrected chi connectivity index (χ0v) is 19.1. The van der Waals surface area contributed by atoms with E-state index in [-0.39, 0.29) is 0 Å². The largest absolute Gasteiger partial charge is 0.491 e. The van der Waals surface area contributed by atoms with Crippen molar-refractivity contribution >= 4 is 17.3 Å². The normalized spacial score (nSPS) is 19.7. The van der Waals surface area contributed by atoms with E-state index in [1.165, 1.54) is 0 Å². The summed E-state index contributed by atoms with van der Waals surface area (Å²) in [6.45, 7) is 5.29. The Balaban J connectivity index is 1.68. The number of aromatic nitrogens is 2. The van der Waals surface area contributed by atoms with Gasteiger partial charge in [0.05, 0.1) is 17.5 Å². The summed E-state index contributed by atoms with van der Waals surface area (Å²) in [5, 5.41) is 14.4. The first-order valence-electron chi connectivity index (χ1n) is 10.6. The topological polar surface area (TPSA) is 70.5 Å². The van der Waals surface area contributed by atoms with Gasteiger partial charge in [-0.3, -0.25) is 4.98 Å². The Morgan fingerprint density at radius 3 is 2.50 bits per heavy atom. The van der Waals surface area contributed by atoms with Crippen LogP contribution in [0.25, 0.3) is 11.3 Å². The molecule has 0 unspecified atom stereocenters. The number of hydrogen-bond donors (Lipinski definition) is 2. The molecule has 1 fully saturated rings. The zero-order valence-electron chi connectivity index (χ0n) is 18.4. The van der Waals surface area contributed by atoms with Crippen molar-refractivity contribution in [2.45, 2.75) is 51.2 Å². The molecule has 2 aromatic heterocycles. The van der Waals surface area contributed by atoms with Gasteiger partial charge in [-0.2, -0.15) is 0 Å². The van der Waals surface area contributed by atoms with Crippen LogP contribution in [0.15, 0.2) is 30.6 Å². The zero-order chi connectivity index (χ0) is 21.7. The van der Waals surface area contributed by atoms with Crippen molar-refractivity contribution in [1.82, 2.24) is 14.9 Å². The summed E-state index contributed by atoms with van der Waals surface area (Å²) in [5.41, 5.74) is 2.07. The molecule has 0 amide bonds. The summed E-state index contributed by atoms with van der Waals surface area (Å²) in [4.78, 5) is 10.9. The van der Waals surface area contributed by atoms with Crippen LogP contribution in [-0.4, -0.2) is 58.9 Å². The van der Waals surface area contributed by atoms with Gasteiger partial charge in [-0.25, -0.2) is 4.98 Å². The highest BCUT2D eigenvalue weighted by Crippen LogP contribution is 2.35. The predicted molar refractivity (Wildman–Crippen MR) is 122 cm³/mol. The smallest absolute Gasteiger partial charge is 0.137 e. The average molecular weight is 433 g/mol. The highest BCUT2D eigenvalue weighted by molar-refractivity contribution is 6.29. The standard InChI is InChI=1S/C23H33ClN4O2/c1-23(2,29)16-5-7-17(8-6-16)27-21-13-22(24)26-15-19(21)20-10-9-18(14-25-20)30-12-11-28(3)4/h9-10,13-17,29H,5-8,11-12H2,1-4H3,(H,26,27). The number of anilines is 1. The quantitative estimate of drug-likeness (QED) is 0.599. The highest BCUT2D eigenvalue weighted by atomic mass is 35.5. The van der Waals surface area contributed by atoms with Crippen LogP contribution in [0.2, 0.25) is 5.15 Å². The van der Waals surface area contributed by atoms with E-state index in [0.717, 1.165) is 54.9 Å². The Hall–Kier alpha value is -1.89. The molecule has 0 aliphatic heterocycles. The molecule has 0 spiro atoms. The molecule has 2 heterocycles. The van der Waals surface area contributed by atoms with Crippen molar-refractivity contribution in [3.63, 3.8) is 0 Å². The maximum atomic E-state index is 10.3. The molecule has 30 heavy (non-hydrogen) atoms. The summed E-state index contributed by atoms with van der Waals surface area (Å²) in [6.07, 6.45) is 7.55. The third-order valence-corrected chi connectivity index (χ3v) is 5.98. The second kappa shape index (κ2) is 9.94. The average Bonchev–Trinajstić information content (AvgIpc) is 2.68. The van der Waals surface area contributed by atoms with Crippen LogP contribution in [0, 0.1) is 5.92 Å². The SMILES string of the molecule is CN(C)CCOc1ccc(-c2cnc(Cl)cc2NC2CCC(C(C)(C)O)CC2)nc1.